The van der Waals surface area contributed by atoms with Crippen LogP contribution in [0.15, 0.2) is 48.8 Å². The summed E-state index contributed by atoms with van der Waals surface area (Å²) in [5.41, 5.74) is 1.81. The highest BCUT2D eigenvalue weighted by Crippen LogP contribution is 2.16. The number of alkyl carbamates (subject to hydrolysis) is 1. The van der Waals surface area contributed by atoms with E-state index in [1.54, 1.807) is 12.4 Å². The molecule has 1 atom stereocenters. The van der Waals surface area contributed by atoms with Crippen molar-refractivity contribution in [2.45, 2.75) is 26.5 Å². The average Bonchev–Trinajstić information content (AvgIpc) is 2.54. The van der Waals surface area contributed by atoms with E-state index in [4.69, 9.17) is 9.47 Å². The Hall–Kier alpha value is -2.56. The first-order valence-electron chi connectivity index (χ1n) is 7.25. The molecule has 2 aromatic rings. The van der Waals surface area contributed by atoms with Gasteiger partial charge >= 0.3 is 6.09 Å². The monoisotopic (exact) mass is 300 g/mol. The molecule has 0 aliphatic heterocycles. The van der Waals surface area contributed by atoms with E-state index in [9.17, 15) is 4.79 Å². The zero-order valence-electron chi connectivity index (χ0n) is 12.8. The highest BCUT2D eigenvalue weighted by molar-refractivity contribution is 5.67. The van der Waals surface area contributed by atoms with Crippen LogP contribution in [-0.4, -0.2) is 17.7 Å². The third-order valence-electron chi connectivity index (χ3n) is 3.08. The Morgan fingerprint density at radius 1 is 1.32 bits per heavy atom. The normalized spacial score (nSPS) is 11.5. The number of pyridine rings is 1. The van der Waals surface area contributed by atoms with Gasteiger partial charge in [0.2, 0.25) is 0 Å². The second-order valence-electron chi connectivity index (χ2n) is 4.77. The fourth-order valence-electron chi connectivity index (χ4n) is 1.97. The van der Waals surface area contributed by atoms with Crippen LogP contribution in [0.3, 0.4) is 0 Å². The van der Waals surface area contributed by atoms with E-state index in [2.05, 4.69) is 10.3 Å². The van der Waals surface area contributed by atoms with E-state index in [-0.39, 0.29) is 6.10 Å². The van der Waals surface area contributed by atoms with Gasteiger partial charge < -0.3 is 14.8 Å². The first kappa shape index (κ1) is 15.8. The van der Waals surface area contributed by atoms with Crippen molar-refractivity contribution in [2.24, 2.45) is 0 Å². The highest BCUT2D eigenvalue weighted by Gasteiger charge is 2.11. The van der Waals surface area contributed by atoms with Gasteiger partial charge in [0.1, 0.15) is 11.9 Å². The standard InChI is InChI=1S/C17H20N2O3/c1-3-21-16-8-4-6-14(10-16)11-19-17(20)22-13(2)15-7-5-9-18-12-15/h4-10,12-13H,3,11H2,1-2H3,(H,19,20). The Morgan fingerprint density at radius 2 is 2.18 bits per heavy atom. The fraction of sp³-hybridized carbons (Fsp3) is 0.294. The van der Waals surface area contributed by atoms with Crippen molar-refractivity contribution in [3.63, 3.8) is 0 Å². The van der Waals surface area contributed by atoms with Crippen LogP contribution in [0.25, 0.3) is 0 Å². The summed E-state index contributed by atoms with van der Waals surface area (Å²) in [5, 5.41) is 2.73. The van der Waals surface area contributed by atoms with Gasteiger partial charge in [0.25, 0.3) is 0 Å². The van der Waals surface area contributed by atoms with Gasteiger partial charge in [-0.25, -0.2) is 4.79 Å². The Morgan fingerprint density at radius 3 is 2.91 bits per heavy atom. The molecule has 116 valence electrons. The molecule has 0 fully saturated rings. The summed E-state index contributed by atoms with van der Waals surface area (Å²) in [6, 6.07) is 11.3. The van der Waals surface area contributed by atoms with E-state index < -0.39 is 6.09 Å². The van der Waals surface area contributed by atoms with Crippen LogP contribution in [0.5, 0.6) is 5.75 Å². The lowest BCUT2D eigenvalue weighted by molar-refractivity contribution is 0.106. The van der Waals surface area contributed by atoms with Gasteiger partial charge in [-0.2, -0.15) is 0 Å². The molecule has 1 aromatic carbocycles. The molecule has 1 heterocycles. The van der Waals surface area contributed by atoms with E-state index >= 15 is 0 Å². The van der Waals surface area contributed by atoms with Gasteiger partial charge in [-0.15, -0.1) is 0 Å². The summed E-state index contributed by atoms with van der Waals surface area (Å²) in [4.78, 5) is 15.8. The highest BCUT2D eigenvalue weighted by atomic mass is 16.6. The van der Waals surface area contributed by atoms with Crippen LogP contribution in [-0.2, 0) is 11.3 Å². The van der Waals surface area contributed by atoms with E-state index in [1.807, 2.05) is 50.2 Å². The number of benzene rings is 1. The lowest BCUT2D eigenvalue weighted by Crippen LogP contribution is -2.25. The lowest BCUT2D eigenvalue weighted by atomic mass is 10.2. The van der Waals surface area contributed by atoms with Gasteiger partial charge in [-0.3, -0.25) is 4.98 Å². The van der Waals surface area contributed by atoms with Gasteiger partial charge in [0, 0.05) is 24.5 Å². The maximum absolute atomic E-state index is 11.8. The second kappa shape index (κ2) is 8.02. The molecular formula is C17H20N2O3. The lowest BCUT2D eigenvalue weighted by Gasteiger charge is -2.14. The molecular weight excluding hydrogens is 280 g/mol. The summed E-state index contributed by atoms with van der Waals surface area (Å²) < 4.78 is 10.7. The molecule has 2 rings (SSSR count). The number of rotatable bonds is 6. The molecule has 22 heavy (non-hydrogen) atoms. The maximum Gasteiger partial charge on any atom is 0.408 e. The molecule has 0 radical (unpaired) electrons. The van der Waals surface area contributed by atoms with Gasteiger partial charge in [0.15, 0.2) is 0 Å². The van der Waals surface area contributed by atoms with Gasteiger partial charge in [-0.05, 0) is 37.6 Å². The minimum atomic E-state index is -0.460. The number of hydrogen-bond donors (Lipinski definition) is 1. The van der Waals surface area contributed by atoms with Crippen LogP contribution < -0.4 is 10.1 Å². The number of aromatic nitrogens is 1. The first-order valence-corrected chi connectivity index (χ1v) is 7.25. The minimum absolute atomic E-state index is 0.344. The molecule has 0 saturated heterocycles. The Balaban J connectivity index is 1.84. The Bertz CT molecular complexity index is 602. The molecule has 0 aliphatic carbocycles. The Kier molecular flexibility index (Phi) is 5.77. The van der Waals surface area contributed by atoms with Crippen molar-refractivity contribution < 1.29 is 14.3 Å². The van der Waals surface area contributed by atoms with Crippen LogP contribution >= 0.6 is 0 Å². The fourth-order valence-corrected chi connectivity index (χ4v) is 1.97. The molecule has 1 amide bonds. The number of nitrogens with one attached hydrogen (secondary N) is 1. The van der Waals surface area contributed by atoms with Crippen molar-refractivity contribution in [3.05, 3.63) is 59.9 Å². The number of ether oxygens (including phenoxy) is 2. The van der Waals surface area contributed by atoms with Gasteiger partial charge in [-0.1, -0.05) is 18.2 Å². The average molecular weight is 300 g/mol. The van der Waals surface area contributed by atoms with Crippen molar-refractivity contribution in [3.8, 4) is 5.75 Å². The summed E-state index contributed by atoms with van der Waals surface area (Å²) in [7, 11) is 0. The number of carbonyl (C=O) groups is 1. The Labute approximate surface area is 130 Å². The quantitative estimate of drug-likeness (QED) is 0.887. The summed E-state index contributed by atoms with van der Waals surface area (Å²) in [6.07, 6.45) is 2.56. The topological polar surface area (TPSA) is 60.5 Å². The number of carbonyl (C=O) groups excluding carboxylic acids is 1. The second-order valence-corrected chi connectivity index (χ2v) is 4.77. The first-order chi connectivity index (χ1) is 10.7. The molecule has 1 N–H and O–H groups in total. The van der Waals surface area contributed by atoms with Crippen molar-refractivity contribution in [1.29, 1.82) is 0 Å². The molecule has 1 unspecified atom stereocenters. The molecule has 0 spiro atoms. The van der Waals surface area contributed by atoms with E-state index in [1.165, 1.54) is 0 Å². The van der Waals surface area contributed by atoms with Gasteiger partial charge in [0.05, 0.1) is 6.61 Å². The molecule has 1 aromatic heterocycles. The maximum atomic E-state index is 11.8. The van der Waals surface area contributed by atoms with Crippen LogP contribution in [0, 0.1) is 0 Å². The number of hydrogen-bond acceptors (Lipinski definition) is 4. The number of amides is 1. The third kappa shape index (κ3) is 4.77. The largest absolute Gasteiger partial charge is 0.494 e. The minimum Gasteiger partial charge on any atom is -0.494 e. The predicted molar refractivity (Wildman–Crippen MR) is 83.6 cm³/mol. The van der Waals surface area contributed by atoms with E-state index in [0.29, 0.717) is 13.2 Å². The molecule has 0 aliphatic rings. The van der Waals surface area contributed by atoms with E-state index in [0.717, 1.165) is 16.9 Å². The third-order valence-corrected chi connectivity index (χ3v) is 3.08. The van der Waals surface area contributed by atoms with Crippen molar-refractivity contribution >= 4 is 6.09 Å². The summed E-state index contributed by atoms with van der Waals surface area (Å²) in [5.74, 6) is 0.791. The predicted octanol–water partition coefficient (Wildman–Crippen LogP) is 3.47. The summed E-state index contributed by atoms with van der Waals surface area (Å²) >= 11 is 0. The zero-order valence-corrected chi connectivity index (χ0v) is 12.8. The molecule has 0 saturated carbocycles. The summed E-state index contributed by atoms with van der Waals surface area (Å²) in [6.45, 7) is 4.75. The molecule has 5 nitrogen and oxygen atoms in total. The molecule has 0 bridgehead atoms. The van der Waals surface area contributed by atoms with Crippen LogP contribution in [0.2, 0.25) is 0 Å². The zero-order chi connectivity index (χ0) is 15.8. The number of nitrogens with zero attached hydrogens (tertiary/aromatic N) is 1. The van der Waals surface area contributed by atoms with Crippen LogP contribution in [0.4, 0.5) is 4.79 Å². The SMILES string of the molecule is CCOc1cccc(CNC(=O)OC(C)c2cccnc2)c1. The van der Waals surface area contributed by atoms with Crippen molar-refractivity contribution in [2.75, 3.05) is 6.61 Å². The van der Waals surface area contributed by atoms with Crippen LogP contribution in [0.1, 0.15) is 31.1 Å². The van der Waals surface area contributed by atoms with Crippen molar-refractivity contribution in [1.82, 2.24) is 10.3 Å². The molecule has 5 heteroatoms. The smallest absolute Gasteiger partial charge is 0.408 e.